The minimum atomic E-state index is -0.0566. The third-order valence-corrected chi connectivity index (χ3v) is 4.78. The summed E-state index contributed by atoms with van der Waals surface area (Å²) in [6.07, 6.45) is 8.07. The highest BCUT2D eigenvalue weighted by molar-refractivity contribution is 5.99. The number of hydrogen-bond acceptors (Lipinski definition) is 5. The molecule has 2 aliphatic heterocycles. The van der Waals surface area contributed by atoms with E-state index in [2.05, 4.69) is 21.0 Å². The van der Waals surface area contributed by atoms with Crippen molar-refractivity contribution in [1.29, 1.82) is 0 Å². The van der Waals surface area contributed by atoms with E-state index in [9.17, 15) is 4.79 Å². The van der Waals surface area contributed by atoms with Gasteiger partial charge in [-0.05, 0) is 31.5 Å². The summed E-state index contributed by atoms with van der Waals surface area (Å²) in [5.74, 6) is 3.49. The van der Waals surface area contributed by atoms with Gasteiger partial charge < -0.3 is 9.42 Å². The van der Waals surface area contributed by atoms with Gasteiger partial charge in [0.25, 0.3) is 11.8 Å². The molecule has 7 nitrogen and oxygen atoms in total. The number of carbonyl (C=O) groups is 1. The van der Waals surface area contributed by atoms with E-state index in [4.69, 9.17) is 10.9 Å². The normalized spacial score (nSPS) is 17.8. The van der Waals surface area contributed by atoms with Gasteiger partial charge in [0.1, 0.15) is 6.33 Å². The van der Waals surface area contributed by atoms with Gasteiger partial charge in [0.15, 0.2) is 11.5 Å². The fourth-order valence-corrected chi connectivity index (χ4v) is 3.50. The first-order chi connectivity index (χ1) is 12.2. The van der Waals surface area contributed by atoms with Crippen molar-refractivity contribution in [3.8, 4) is 29.6 Å². The highest BCUT2D eigenvalue weighted by Crippen LogP contribution is 2.43. The van der Waals surface area contributed by atoms with Crippen molar-refractivity contribution in [1.82, 2.24) is 24.6 Å². The Labute approximate surface area is 143 Å². The van der Waals surface area contributed by atoms with Crippen molar-refractivity contribution in [2.75, 3.05) is 6.54 Å². The summed E-state index contributed by atoms with van der Waals surface area (Å²) >= 11 is 0. The van der Waals surface area contributed by atoms with E-state index in [0.717, 1.165) is 17.8 Å². The number of rotatable bonds is 1. The predicted molar refractivity (Wildman–Crippen MR) is 87.9 cm³/mol. The van der Waals surface area contributed by atoms with Gasteiger partial charge in [-0.3, -0.25) is 9.36 Å². The third-order valence-electron chi connectivity index (χ3n) is 4.78. The van der Waals surface area contributed by atoms with Gasteiger partial charge in [-0.25, -0.2) is 4.98 Å². The molecule has 5 rings (SSSR count). The zero-order valence-electron chi connectivity index (χ0n) is 13.4. The molecule has 7 heteroatoms. The number of aromatic nitrogens is 4. The van der Waals surface area contributed by atoms with E-state index in [1.54, 1.807) is 19.3 Å². The van der Waals surface area contributed by atoms with Crippen LogP contribution < -0.4 is 0 Å². The Hall–Kier alpha value is -3.40. The number of carbonyl (C=O) groups excluding carboxylic acids is 1. The number of aryl methyl sites for hydroxylation is 1. The van der Waals surface area contributed by atoms with Crippen molar-refractivity contribution >= 4 is 5.91 Å². The number of imidazole rings is 1. The molecule has 122 valence electrons. The summed E-state index contributed by atoms with van der Waals surface area (Å²) in [5, 5.41) is 3.85. The van der Waals surface area contributed by atoms with Crippen LogP contribution in [0.15, 0.2) is 29.0 Å². The molecule has 1 atom stereocenters. The highest BCUT2D eigenvalue weighted by atomic mass is 16.5. The van der Waals surface area contributed by atoms with Gasteiger partial charge in [0.2, 0.25) is 0 Å². The first kappa shape index (κ1) is 14.0. The molecule has 1 aromatic carbocycles. The topological polar surface area (TPSA) is 77.1 Å². The van der Waals surface area contributed by atoms with Crippen molar-refractivity contribution < 1.29 is 9.32 Å². The highest BCUT2D eigenvalue weighted by Gasteiger charge is 2.42. The van der Waals surface area contributed by atoms with E-state index < -0.39 is 0 Å². The SMILES string of the molecule is C#Cc1ccc2c(c1)C(=O)N1CCC1c1c(-c3nc(C)no3)ncn1-2. The maximum absolute atomic E-state index is 13.0. The van der Waals surface area contributed by atoms with E-state index >= 15 is 0 Å². The molecule has 1 fully saturated rings. The number of nitrogens with zero attached hydrogens (tertiary/aromatic N) is 5. The molecule has 1 saturated heterocycles. The van der Waals surface area contributed by atoms with Crippen LogP contribution in [0.5, 0.6) is 0 Å². The van der Waals surface area contributed by atoms with Crippen LogP contribution in [0.3, 0.4) is 0 Å². The molecule has 1 unspecified atom stereocenters. The zero-order chi connectivity index (χ0) is 17.1. The van der Waals surface area contributed by atoms with Crippen LogP contribution in [-0.4, -0.2) is 37.0 Å². The Kier molecular flexibility index (Phi) is 2.69. The lowest BCUT2D eigenvalue weighted by atomic mass is 9.97. The maximum atomic E-state index is 13.0. The second-order valence-electron chi connectivity index (χ2n) is 6.17. The molecular formula is C18H13N5O2. The predicted octanol–water partition coefficient (Wildman–Crippen LogP) is 2.11. The molecule has 0 saturated carbocycles. The smallest absolute Gasteiger partial charge is 0.278 e. The second kappa shape index (κ2) is 4.80. The fraction of sp³-hybridized carbons (Fsp3) is 0.222. The quantitative estimate of drug-likeness (QED) is 0.638. The van der Waals surface area contributed by atoms with Gasteiger partial charge in [-0.2, -0.15) is 4.98 Å². The van der Waals surface area contributed by atoms with Crippen molar-refractivity contribution in [2.45, 2.75) is 19.4 Å². The molecule has 4 heterocycles. The molecule has 2 aliphatic rings. The number of terminal acetylenes is 1. The Morgan fingerprint density at radius 3 is 2.96 bits per heavy atom. The lowest BCUT2D eigenvalue weighted by molar-refractivity contribution is 0.0461. The second-order valence-corrected chi connectivity index (χ2v) is 6.17. The minimum absolute atomic E-state index is 0.0142. The number of benzene rings is 1. The van der Waals surface area contributed by atoms with E-state index in [-0.39, 0.29) is 11.9 Å². The monoisotopic (exact) mass is 331 g/mol. The Morgan fingerprint density at radius 2 is 2.28 bits per heavy atom. The molecule has 0 N–H and O–H groups in total. The maximum Gasteiger partial charge on any atom is 0.278 e. The molecule has 0 radical (unpaired) electrons. The van der Waals surface area contributed by atoms with Crippen LogP contribution in [-0.2, 0) is 0 Å². The lowest BCUT2D eigenvalue weighted by Gasteiger charge is -2.39. The molecular weight excluding hydrogens is 318 g/mol. The van der Waals surface area contributed by atoms with Crippen molar-refractivity contribution in [3.05, 3.63) is 47.2 Å². The molecule has 0 spiro atoms. The first-order valence-electron chi connectivity index (χ1n) is 7.97. The van der Waals surface area contributed by atoms with Crippen LogP contribution >= 0.6 is 0 Å². The average molecular weight is 331 g/mol. The van der Waals surface area contributed by atoms with E-state index in [1.165, 1.54) is 0 Å². The van der Waals surface area contributed by atoms with Crippen molar-refractivity contribution in [3.63, 3.8) is 0 Å². The summed E-state index contributed by atoms with van der Waals surface area (Å²) < 4.78 is 7.24. The van der Waals surface area contributed by atoms with E-state index in [1.807, 2.05) is 21.6 Å². The summed E-state index contributed by atoms with van der Waals surface area (Å²) in [4.78, 5) is 23.6. The van der Waals surface area contributed by atoms with Crippen LogP contribution in [0.2, 0.25) is 0 Å². The molecule has 0 bridgehead atoms. The Balaban J connectivity index is 1.78. The van der Waals surface area contributed by atoms with E-state index in [0.29, 0.717) is 35.1 Å². The van der Waals surface area contributed by atoms with Gasteiger partial charge in [-0.15, -0.1) is 6.42 Å². The average Bonchev–Trinajstić information content (AvgIpc) is 3.18. The number of hydrogen-bond donors (Lipinski definition) is 0. The summed E-state index contributed by atoms with van der Waals surface area (Å²) in [5.41, 5.74) is 3.56. The summed E-state index contributed by atoms with van der Waals surface area (Å²) in [6.45, 7) is 2.47. The van der Waals surface area contributed by atoms with Gasteiger partial charge >= 0.3 is 0 Å². The van der Waals surface area contributed by atoms with Crippen molar-refractivity contribution in [2.24, 2.45) is 0 Å². The van der Waals surface area contributed by atoms with Gasteiger partial charge in [0.05, 0.1) is 23.0 Å². The summed E-state index contributed by atoms with van der Waals surface area (Å²) in [6, 6.07) is 5.40. The molecule has 3 aromatic rings. The van der Waals surface area contributed by atoms with Gasteiger partial charge in [0, 0.05) is 12.1 Å². The first-order valence-corrected chi connectivity index (χ1v) is 7.97. The lowest BCUT2D eigenvalue weighted by Crippen LogP contribution is -2.44. The zero-order valence-corrected chi connectivity index (χ0v) is 13.4. The largest absolute Gasteiger partial charge is 0.332 e. The van der Waals surface area contributed by atoms with Crippen LogP contribution in [0.25, 0.3) is 17.3 Å². The van der Waals surface area contributed by atoms with Crippen LogP contribution in [0.4, 0.5) is 0 Å². The Morgan fingerprint density at radius 1 is 1.40 bits per heavy atom. The summed E-state index contributed by atoms with van der Waals surface area (Å²) in [7, 11) is 0. The molecule has 0 aliphatic carbocycles. The number of fused-ring (bicyclic) bond motifs is 5. The van der Waals surface area contributed by atoms with Gasteiger partial charge in [-0.1, -0.05) is 11.1 Å². The number of amides is 1. The molecule has 1 amide bonds. The third kappa shape index (κ3) is 1.82. The van der Waals surface area contributed by atoms with Crippen LogP contribution in [0, 0.1) is 19.3 Å². The molecule has 2 aromatic heterocycles. The fourth-order valence-electron chi connectivity index (χ4n) is 3.50. The minimum Gasteiger partial charge on any atom is -0.332 e. The molecule has 25 heavy (non-hydrogen) atoms. The Bertz CT molecular complexity index is 1070. The standard InChI is InChI=1S/C18H13N5O2/c1-3-11-4-5-13-12(8-11)18(24)22-7-6-14(22)16-15(19-9-23(13)16)17-20-10(2)21-25-17/h1,4-5,8-9,14H,6-7H2,2H3. The van der Waals surface area contributed by atoms with Crippen LogP contribution in [0.1, 0.15) is 39.9 Å².